The van der Waals surface area contributed by atoms with Crippen molar-refractivity contribution < 1.29 is 0 Å². The lowest BCUT2D eigenvalue weighted by Crippen LogP contribution is -2.45. The zero-order valence-electron chi connectivity index (χ0n) is 11.3. The Morgan fingerprint density at radius 3 is 2.47 bits per heavy atom. The SMILES string of the molecule is CCN(CC1CC2CCC1C2)C1CCNCC1. The molecule has 2 aliphatic carbocycles. The van der Waals surface area contributed by atoms with Crippen LogP contribution in [-0.4, -0.2) is 37.1 Å². The molecule has 2 saturated carbocycles. The Bertz CT molecular complexity index is 247. The van der Waals surface area contributed by atoms with E-state index in [0.29, 0.717) is 0 Å². The van der Waals surface area contributed by atoms with Crippen LogP contribution in [0.2, 0.25) is 0 Å². The Morgan fingerprint density at radius 2 is 1.88 bits per heavy atom. The van der Waals surface area contributed by atoms with Crippen molar-refractivity contribution in [2.45, 2.75) is 51.5 Å². The summed E-state index contributed by atoms with van der Waals surface area (Å²) < 4.78 is 0. The van der Waals surface area contributed by atoms with Crippen molar-refractivity contribution in [3.63, 3.8) is 0 Å². The summed E-state index contributed by atoms with van der Waals surface area (Å²) in [5.41, 5.74) is 0. The monoisotopic (exact) mass is 236 g/mol. The quantitative estimate of drug-likeness (QED) is 0.807. The van der Waals surface area contributed by atoms with Gasteiger partial charge in [0.1, 0.15) is 0 Å². The van der Waals surface area contributed by atoms with Gasteiger partial charge >= 0.3 is 0 Å². The van der Waals surface area contributed by atoms with Crippen molar-refractivity contribution in [1.29, 1.82) is 0 Å². The zero-order chi connectivity index (χ0) is 11.7. The van der Waals surface area contributed by atoms with Crippen LogP contribution in [0.15, 0.2) is 0 Å². The zero-order valence-corrected chi connectivity index (χ0v) is 11.3. The molecule has 1 aliphatic heterocycles. The van der Waals surface area contributed by atoms with Gasteiger partial charge in [0.15, 0.2) is 0 Å². The van der Waals surface area contributed by atoms with Gasteiger partial charge in [-0.15, -0.1) is 0 Å². The predicted molar refractivity (Wildman–Crippen MR) is 72.1 cm³/mol. The first-order chi connectivity index (χ1) is 8.36. The normalized spacial score (nSPS) is 38.1. The third-order valence-electron chi connectivity index (χ3n) is 5.58. The maximum absolute atomic E-state index is 3.49. The minimum Gasteiger partial charge on any atom is -0.317 e. The summed E-state index contributed by atoms with van der Waals surface area (Å²) in [5, 5.41) is 3.49. The second kappa shape index (κ2) is 5.27. The number of hydrogen-bond acceptors (Lipinski definition) is 2. The summed E-state index contributed by atoms with van der Waals surface area (Å²) in [6.07, 6.45) is 8.93. The fourth-order valence-corrected chi connectivity index (χ4v) is 4.61. The van der Waals surface area contributed by atoms with E-state index in [-0.39, 0.29) is 0 Å². The third-order valence-corrected chi connectivity index (χ3v) is 5.58. The van der Waals surface area contributed by atoms with Gasteiger partial charge in [0.25, 0.3) is 0 Å². The van der Waals surface area contributed by atoms with Gasteiger partial charge in [-0.1, -0.05) is 13.3 Å². The summed E-state index contributed by atoms with van der Waals surface area (Å²) in [5.74, 6) is 3.25. The van der Waals surface area contributed by atoms with Gasteiger partial charge < -0.3 is 10.2 Å². The highest BCUT2D eigenvalue weighted by Crippen LogP contribution is 2.48. The van der Waals surface area contributed by atoms with Gasteiger partial charge in [-0.25, -0.2) is 0 Å². The van der Waals surface area contributed by atoms with Gasteiger partial charge in [0.05, 0.1) is 0 Å². The fraction of sp³-hybridized carbons (Fsp3) is 1.00. The molecule has 3 fully saturated rings. The van der Waals surface area contributed by atoms with Crippen LogP contribution in [0.5, 0.6) is 0 Å². The van der Waals surface area contributed by atoms with Crippen LogP contribution >= 0.6 is 0 Å². The van der Waals surface area contributed by atoms with E-state index in [9.17, 15) is 0 Å². The van der Waals surface area contributed by atoms with E-state index in [1.165, 1.54) is 39.0 Å². The average molecular weight is 236 g/mol. The molecule has 1 N–H and O–H groups in total. The molecule has 0 amide bonds. The Balaban J connectivity index is 1.54. The lowest BCUT2D eigenvalue weighted by Gasteiger charge is -2.37. The highest BCUT2D eigenvalue weighted by molar-refractivity contribution is 4.92. The number of nitrogens with one attached hydrogen (secondary N) is 1. The molecule has 2 bridgehead atoms. The van der Waals surface area contributed by atoms with Crippen LogP contribution in [0, 0.1) is 17.8 Å². The highest BCUT2D eigenvalue weighted by atomic mass is 15.2. The summed E-state index contributed by atoms with van der Waals surface area (Å²) in [4.78, 5) is 2.80. The van der Waals surface area contributed by atoms with E-state index in [0.717, 1.165) is 23.8 Å². The Kier molecular flexibility index (Phi) is 3.72. The van der Waals surface area contributed by atoms with Crippen molar-refractivity contribution in [1.82, 2.24) is 10.2 Å². The first kappa shape index (κ1) is 12.0. The van der Waals surface area contributed by atoms with E-state index in [2.05, 4.69) is 17.1 Å². The van der Waals surface area contributed by atoms with E-state index in [1.54, 1.807) is 25.7 Å². The van der Waals surface area contributed by atoms with Gasteiger partial charge in [0.2, 0.25) is 0 Å². The van der Waals surface area contributed by atoms with Crippen LogP contribution in [0.1, 0.15) is 45.4 Å². The summed E-state index contributed by atoms with van der Waals surface area (Å²) in [6.45, 7) is 7.49. The molecule has 17 heavy (non-hydrogen) atoms. The van der Waals surface area contributed by atoms with Gasteiger partial charge in [-0.05, 0) is 69.5 Å². The molecule has 3 unspecified atom stereocenters. The lowest BCUT2D eigenvalue weighted by atomic mass is 9.87. The second-order valence-corrected chi connectivity index (χ2v) is 6.50. The van der Waals surface area contributed by atoms with Crippen molar-refractivity contribution in [2.75, 3.05) is 26.2 Å². The first-order valence-electron chi connectivity index (χ1n) is 7.81. The molecule has 2 nitrogen and oxygen atoms in total. The van der Waals surface area contributed by atoms with Crippen LogP contribution in [0.3, 0.4) is 0 Å². The molecular formula is C15H28N2. The molecule has 2 heteroatoms. The molecule has 1 heterocycles. The first-order valence-corrected chi connectivity index (χ1v) is 7.81. The molecule has 3 aliphatic rings. The number of hydrogen-bond donors (Lipinski definition) is 1. The standard InChI is InChI=1S/C15H28N2/c1-2-17(15-5-7-16-8-6-15)11-14-10-12-3-4-13(14)9-12/h12-16H,2-11H2,1H3. The van der Waals surface area contributed by atoms with Crippen LogP contribution in [-0.2, 0) is 0 Å². The largest absolute Gasteiger partial charge is 0.317 e. The molecule has 0 radical (unpaired) electrons. The molecule has 3 rings (SSSR count). The Labute approximate surface area is 106 Å². The number of rotatable bonds is 4. The predicted octanol–water partition coefficient (Wildman–Crippen LogP) is 2.50. The summed E-state index contributed by atoms with van der Waals surface area (Å²) in [6, 6.07) is 0.875. The van der Waals surface area contributed by atoms with E-state index in [4.69, 9.17) is 0 Å². The second-order valence-electron chi connectivity index (χ2n) is 6.50. The third kappa shape index (κ3) is 2.53. The molecule has 0 aromatic rings. The molecule has 0 aromatic carbocycles. The smallest absolute Gasteiger partial charge is 0.0119 e. The van der Waals surface area contributed by atoms with Crippen LogP contribution in [0.25, 0.3) is 0 Å². The van der Waals surface area contributed by atoms with Crippen LogP contribution in [0.4, 0.5) is 0 Å². The molecular weight excluding hydrogens is 208 g/mol. The van der Waals surface area contributed by atoms with E-state index in [1.807, 2.05) is 0 Å². The fourth-order valence-electron chi connectivity index (χ4n) is 4.61. The van der Waals surface area contributed by atoms with E-state index >= 15 is 0 Å². The van der Waals surface area contributed by atoms with Crippen molar-refractivity contribution in [2.24, 2.45) is 17.8 Å². The topological polar surface area (TPSA) is 15.3 Å². The van der Waals surface area contributed by atoms with Gasteiger partial charge in [-0.3, -0.25) is 0 Å². The maximum atomic E-state index is 3.49. The van der Waals surface area contributed by atoms with Crippen molar-refractivity contribution in [3.8, 4) is 0 Å². The Morgan fingerprint density at radius 1 is 1.06 bits per heavy atom. The van der Waals surface area contributed by atoms with Crippen LogP contribution < -0.4 is 5.32 Å². The highest BCUT2D eigenvalue weighted by Gasteiger charge is 2.40. The molecule has 3 atom stereocenters. The maximum Gasteiger partial charge on any atom is 0.0119 e. The summed E-state index contributed by atoms with van der Waals surface area (Å²) >= 11 is 0. The number of fused-ring (bicyclic) bond motifs is 2. The van der Waals surface area contributed by atoms with Gasteiger partial charge in [-0.2, -0.15) is 0 Å². The molecule has 0 aromatic heterocycles. The molecule has 0 spiro atoms. The number of nitrogens with zero attached hydrogens (tertiary/aromatic N) is 1. The average Bonchev–Trinajstić information content (AvgIpc) is 2.99. The lowest BCUT2D eigenvalue weighted by molar-refractivity contribution is 0.125. The molecule has 98 valence electrons. The van der Waals surface area contributed by atoms with Crippen molar-refractivity contribution >= 4 is 0 Å². The number of piperidine rings is 1. The summed E-state index contributed by atoms with van der Waals surface area (Å²) in [7, 11) is 0. The van der Waals surface area contributed by atoms with E-state index < -0.39 is 0 Å². The van der Waals surface area contributed by atoms with Gasteiger partial charge in [0, 0.05) is 12.6 Å². The minimum atomic E-state index is 0.875. The van der Waals surface area contributed by atoms with Crippen molar-refractivity contribution in [3.05, 3.63) is 0 Å². The minimum absolute atomic E-state index is 0.875. The Hall–Kier alpha value is -0.0800. The molecule has 1 saturated heterocycles.